The molecule has 3 rings (SSSR count). The molecule has 1 aromatic carbocycles. The maximum absolute atomic E-state index is 13.8. The lowest BCUT2D eigenvalue weighted by Crippen LogP contribution is -2.42. The topological polar surface area (TPSA) is 84.7 Å². The molecule has 0 atom stereocenters. The summed E-state index contributed by atoms with van der Waals surface area (Å²) in [5.41, 5.74) is 0. The van der Waals surface area contributed by atoms with Crippen LogP contribution in [0.25, 0.3) is 0 Å². The number of nitrogens with zero attached hydrogens (tertiary/aromatic N) is 1. The molecule has 1 fully saturated rings. The molecule has 10 heteroatoms. The summed E-state index contributed by atoms with van der Waals surface area (Å²) >= 11 is 0. The Hall–Kier alpha value is -1.78. The second-order valence-electron chi connectivity index (χ2n) is 6.06. The first kappa shape index (κ1) is 19.0. The molecule has 1 saturated heterocycles. The molecule has 0 aliphatic carbocycles. The second kappa shape index (κ2) is 7.09. The van der Waals surface area contributed by atoms with Crippen molar-refractivity contribution in [2.24, 2.45) is 0 Å². The third-order valence-electron chi connectivity index (χ3n) is 4.34. The zero-order valence-electron chi connectivity index (χ0n) is 13.6. The Kier molecular flexibility index (Phi) is 5.18. The summed E-state index contributed by atoms with van der Waals surface area (Å²) in [4.78, 5) is -0.615. The van der Waals surface area contributed by atoms with Crippen molar-refractivity contribution in [3.63, 3.8) is 0 Å². The molecule has 0 unspecified atom stereocenters. The second-order valence-corrected chi connectivity index (χ2v) is 10.3. The Morgan fingerprint density at radius 2 is 1.77 bits per heavy atom. The van der Waals surface area contributed by atoms with Gasteiger partial charge in [0.05, 0.1) is 11.5 Å². The van der Waals surface area contributed by atoms with Gasteiger partial charge in [-0.2, -0.15) is 4.31 Å². The van der Waals surface area contributed by atoms with Gasteiger partial charge in [0.25, 0.3) is 0 Å². The van der Waals surface area contributed by atoms with Crippen molar-refractivity contribution in [1.29, 1.82) is 0 Å². The van der Waals surface area contributed by atoms with Crippen molar-refractivity contribution in [2.75, 3.05) is 13.1 Å². The van der Waals surface area contributed by atoms with Crippen molar-refractivity contribution in [3.8, 4) is 0 Å². The van der Waals surface area contributed by atoms with E-state index < -0.39 is 41.6 Å². The summed E-state index contributed by atoms with van der Waals surface area (Å²) in [6.45, 7) is -0.109. The van der Waals surface area contributed by atoms with Gasteiger partial charge in [0.15, 0.2) is 9.84 Å². The lowest BCUT2D eigenvalue weighted by molar-refractivity contribution is 0.343. The van der Waals surface area contributed by atoms with Crippen LogP contribution in [0.1, 0.15) is 18.6 Å². The number of halogens is 2. The van der Waals surface area contributed by atoms with Crippen LogP contribution in [0.15, 0.2) is 45.9 Å². The predicted octanol–water partition coefficient (Wildman–Crippen LogP) is 2.33. The first-order valence-corrected chi connectivity index (χ1v) is 11.0. The van der Waals surface area contributed by atoms with Gasteiger partial charge in [-0.15, -0.1) is 0 Å². The number of sulfone groups is 1. The average Bonchev–Trinajstić information content (AvgIpc) is 3.07. The van der Waals surface area contributed by atoms with E-state index >= 15 is 0 Å². The van der Waals surface area contributed by atoms with Crippen LogP contribution >= 0.6 is 0 Å². The van der Waals surface area contributed by atoms with Gasteiger partial charge in [-0.3, -0.25) is 0 Å². The van der Waals surface area contributed by atoms with E-state index in [9.17, 15) is 25.6 Å². The largest absolute Gasteiger partial charge is 0.468 e. The van der Waals surface area contributed by atoms with E-state index in [1.54, 1.807) is 12.1 Å². The summed E-state index contributed by atoms with van der Waals surface area (Å²) in [5, 5.41) is -0.697. The highest BCUT2D eigenvalue weighted by atomic mass is 32.2. The maximum atomic E-state index is 13.8. The smallest absolute Gasteiger partial charge is 0.245 e. The van der Waals surface area contributed by atoms with E-state index in [4.69, 9.17) is 4.42 Å². The number of benzene rings is 1. The molecule has 0 radical (unpaired) electrons. The van der Waals surface area contributed by atoms with E-state index in [-0.39, 0.29) is 31.7 Å². The average molecular weight is 405 g/mol. The Morgan fingerprint density at radius 3 is 2.35 bits per heavy atom. The van der Waals surface area contributed by atoms with Crippen LogP contribution < -0.4 is 0 Å². The number of hydrogen-bond acceptors (Lipinski definition) is 5. The molecule has 2 aromatic rings. The van der Waals surface area contributed by atoms with Gasteiger partial charge in [0.2, 0.25) is 10.0 Å². The highest BCUT2D eigenvalue weighted by Crippen LogP contribution is 2.27. The molecule has 0 N–H and O–H groups in total. The minimum Gasteiger partial charge on any atom is -0.468 e. The van der Waals surface area contributed by atoms with Gasteiger partial charge < -0.3 is 4.42 Å². The van der Waals surface area contributed by atoms with Crippen LogP contribution in [0.5, 0.6) is 0 Å². The molecule has 0 spiro atoms. The highest BCUT2D eigenvalue weighted by Gasteiger charge is 2.36. The Labute approximate surface area is 150 Å². The summed E-state index contributed by atoms with van der Waals surface area (Å²) in [6.07, 6.45) is 1.59. The van der Waals surface area contributed by atoms with Gasteiger partial charge in [-0.1, -0.05) is 0 Å². The predicted molar refractivity (Wildman–Crippen MR) is 89.5 cm³/mol. The van der Waals surface area contributed by atoms with E-state index in [1.165, 1.54) is 6.26 Å². The van der Waals surface area contributed by atoms with Crippen molar-refractivity contribution in [1.82, 2.24) is 4.31 Å². The standard InChI is InChI=1S/C16H17F2NO5S2/c17-12-3-4-16(15(18)10-12)26(22,23)19-7-5-14(6-8-19)25(20,21)11-13-2-1-9-24-13/h1-4,9-10,14H,5-8,11H2. The van der Waals surface area contributed by atoms with Crippen molar-refractivity contribution in [2.45, 2.75) is 28.7 Å². The number of rotatable bonds is 5. The minimum atomic E-state index is -4.15. The summed E-state index contributed by atoms with van der Waals surface area (Å²) in [6, 6.07) is 5.41. The molecule has 0 amide bonds. The van der Waals surface area contributed by atoms with Crippen molar-refractivity contribution in [3.05, 3.63) is 54.0 Å². The van der Waals surface area contributed by atoms with Crippen molar-refractivity contribution < 1.29 is 30.0 Å². The van der Waals surface area contributed by atoms with Crippen LogP contribution in [0.4, 0.5) is 8.78 Å². The SMILES string of the molecule is O=S(=O)(Cc1ccco1)C1CCN(S(=O)(=O)c2ccc(F)cc2F)CC1. The van der Waals surface area contributed by atoms with Crippen LogP contribution in [0.2, 0.25) is 0 Å². The molecule has 1 aliphatic heterocycles. The third-order valence-corrected chi connectivity index (χ3v) is 8.45. The quantitative estimate of drug-likeness (QED) is 0.762. The monoisotopic (exact) mass is 405 g/mol. The summed E-state index contributed by atoms with van der Waals surface area (Å²) in [5.74, 6) is -1.96. The molecule has 2 heterocycles. The van der Waals surface area contributed by atoms with E-state index in [0.29, 0.717) is 11.8 Å². The maximum Gasteiger partial charge on any atom is 0.245 e. The van der Waals surface area contributed by atoms with Gasteiger partial charge in [-0.25, -0.2) is 25.6 Å². The van der Waals surface area contributed by atoms with E-state index in [1.807, 2.05) is 0 Å². The molecule has 26 heavy (non-hydrogen) atoms. The number of piperidine rings is 1. The molecule has 0 saturated carbocycles. The molecule has 1 aromatic heterocycles. The fourth-order valence-electron chi connectivity index (χ4n) is 2.97. The molecule has 142 valence electrons. The lowest BCUT2D eigenvalue weighted by atomic mass is 10.2. The van der Waals surface area contributed by atoms with Gasteiger partial charge in [-0.05, 0) is 37.1 Å². The molecule has 1 aliphatic rings. The van der Waals surface area contributed by atoms with E-state index in [0.717, 1.165) is 16.4 Å². The highest BCUT2D eigenvalue weighted by molar-refractivity contribution is 7.91. The summed E-state index contributed by atoms with van der Waals surface area (Å²) in [7, 11) is -7.64. The lowest BCUT2D eigenvalue weighted by Gasteiger charge is -2.30. The minimum absolute atomic E-state index is 0.0544. The fraction of sp³-hybridized carbons (Fsp3) is 0.375. The molecular formula is C16H17F2NO5S2. The normalized spacial score (nSPS) is 17.5. The van der Waals surface area contributed by atoms with Crippen molar-refractivity contribution >= 4 is 19.9 Å². The Balaban J connectivity index is 1.71. The number of sulfonamides is 1. The molecule has 6 nitrogen and oxygen atoms in total. The number of hydrogen-bond donors (Lipinski definition) is 0. The Morgan fingerprint density at radius 1 is 1.08 bits per heavy atom. The van der Waals surface area contributed by atoms with Gasteiger partial charge in [0, 0.05) is 19.2 Å². The van der Waals surface area contributed by atoms with Gasteiger partial charge in [0.1, 0.15) is 28.0 Å². The van der Waals surface area contributed by atoms with Gasteiger partial charge >= 0.3 is 0 Å². The van der Waals surface area contributed by atoms with Crippen LogP contribution in [0.3, 0.4) is 0 Å². The zero-order chi connectivity index (χ0) is 18.9. The first-order chi connectivity index (χ1) is 12.2. The van der Waals surface area contributed by atoms with Crippen LogP contribution in [-0.4, -0.2) is 39.5 Å². The first-order valence-electron chi connectivity index (χ1n) is 7.89. The number of furan rings is 1. The summed E-state index contributed by atoms with van der Waals surface area (Å²) < 4.78 is 82.9. The zero-order valence-corrected chi connectivity index (χ0v) is 15.3. The third kappa shape index (κ3) is 3.81. The van der Waals surface area contributed by atoms with E-state index in [2.05, 4.69) is 0 Å². The molecule has 0 bridgehead atoms. The molecular weight excluding hydrogens is 388 g/mol. The Bertz CT molecular complexity index is 980. The van der Waals surface area contributed by atoms with Crippen LogP contribution in [-0.2, 0) is 25.6 Å². The fourth-order valence-corrected chi connectivity index (χ4v) is 6.21. The van der Waals surface area contributed by atoms with Crippen LogP contribution in [0, 0.1) is 11.6 Å².